The number of oxime groups is 1. The highest BCUT2D eigenvalue weighted by molar-refractivity contribution is 5.93. The lowest BCUT2D eigenvalue weighted by Crippen LogP contribution is -2.52. The minimum absolute atomic E-state index is 0.0451. The SMILES string of the molecule is CO[C@H](C)/C(=N\O)C12CC3CC(CC(C3)C1)C2. The fourth-order valence-electron chi connectivity index (χ4n) is 5.15. The van der Waals surface area contributed by atoms with E-state index in [4.69, 9.17) is 4.74 Å². The Hall–Kier alpha value is -0.570. The van der Waals surface area contributed by atoms with Crippen LogP contribution in [0, 0.1) is 23.2 Å². The summed E-state index contributed by atoms with van der Waals surface area (Å²) in [6.07, 6.45) is 7.89. The Morgan fingerprint density at radius 2 is 1.65 bits per heavy atom. The van der Waals surface area contributed by atoms with E-state index in [9.17, 15) is 5.21 Å². The number of hydrogen-bond donors (Lipinski definition) is 1. The smallest absolute Gasteiger partial charge is 0.0962 e. The van der Waals surface area contributed by atoms with Gasteiger partial charge in [-0.15, -0.1) is 0 Å². The van der Waals surface area contributed by atoms with Gasteiger partial charge in [0.05, 0.1) is 11.8 Å². The molecule has 4 bridgehead atoms. The van der Waals surface area contributed by atoms with E-state index >= 15 is 0 Å². The molecular weight excluding hydrogens is 214 g/mol. The maximum atomic E-state index is 9.40. The first kappa shape index (κ1) is 11.5. The van der Waals surface area contributed by atoms with E-state index in [1.807, 2.05) is 6.92 Å². The normalized spacial score (nSPS) is 46.2. The molecule has 1 N–H and O–H groups in total. The molecule has 4 fully saturated rings. The van der Waals surface area contributed by atoms with Gasteiger partial charge < -0.3 is 9.94 Å². The van der Waals surface area contributed by atoms with E-state index in [1.54, 1.807) is 7.11 Å². The zero-order chi connectivity index (χ0) is 12.0. The van der Waals surface area contributed by atoms with Crippen molar-refractivity contribution in [2.45, 2.75) is 51.6 Å². The van der Waals surface area contributed by atoms with Gasteiger partial charge in [-0.05, 0) is 63.2 Å². The first-order chi connectivity index (χ1) is 8.16. The molecule has 3 heteroatoms. The third-order valence-corrected chi connectivity index (χ3v) is 5.43. The van der Waals surface area contributed by atoms with Crippen LogP contribution in [0.1, 0.15) is 45.4 Å². The minimum atomic E-state index is -0.0451. The molecule has 4 aliphatic rings. The second-order valence-electron chi connectivity index (χ2n) is 6.56. The number of hydrogen-bond acceptors (Lipinski definition) is 3. The highest BCUT2D eigenvalue weighted by Crippen LogP contribution is 2.60. The van der Waals surface area contributed by atoms with Crippen LogP contribution in [0.2, 0.25) is 0 Å². The summed E-state index contributed by atoms with van der Waals surface area (Å²) < 4.78 is 5.40. The first-order valence-corrected chi connectivity index (χ1v) is 6.92. The molecule has 96 valence electrons. The summed E-state index contributed by atoms with van der Waals surface area (Å²) in [5.74, 6) is 2.63. The Morgan fingerprint density at radius 3 is 2.00 bits per heavy atom. The summed E-state index contributed by atoms with van der Waals surface area (Å²) >= 11 is 0. The molecule has 0 aromatic carbocycles. The van der Waals surface area contributed by atoms with Crippen LogP contribution < -0.4 is 0 Å². The Kier molecular flexibility index (Phi) is 2.69. The lowest BCUT2D eigenvalue weighted by molar-refractivity contribution is -0.0200. The van der Waals surface area contributed by atoms with Gasteiger partial charge in [-0.1, -0.05) is 5.16 Å². The number of rotatable bonds is 3. The monoisotopic (exact) mass is 237 g/mol. The fraction of sp³-hybridized carbons (Fsp3) is 0.929. The molecule has 0 aliphatic heterocycles. The van der Waals surface area contributed by atoms with Crippen LogP contribution in [0.5, 0.6) is 0 Å². The van der Waals surface area contributed by atoms with E-state index in [-0.39, 0.29) is 11.5 Å². The fourth-order valence-corrected chi connectivity index (χ4v) is 5.15. The van der Waals surface area contributed by atoms with Crippen LogP contribution in [0.15, 0.2) is 5.16 Å². The summed E-state index contributed by atoms with van der Waals surface area (Å²) in [5, 5.41) is 13.0. The van der Waals surface area contributed by atoms with E-state index < -0.39 is 0 Å². The molecule has 17 heavy (non-hydrogen) atoms. The standard InChI is InChI=1S/C14H23NO2/c1-9(17-2)13(15-16)14-6-10-3-11(7-14)5-12(4-10)8-14/h9-12,16H,3-8H2,1-2H3/b15-13+/t9-,10?,11?,12?,14?/m1/s1. The molecular formula is C14H23NO2. The second-order valence-corrected chi connectivity index (χ2v) is 6.56. The van der Waals surface area contributed by atoms with Crippen LogP contribution in [-0.4, -0.2) is 24.1 Å². The van der Waals surface area contributed by atoms with Crippen molar-refractivity contribution in [2.75, 3.05) is 7.11 Å². The Balaban J connectivity index is 1.90. The lowest BCUT2D eigenvalue weighted by Gasteiger charge is -2.57. The van der Waals surface area contributed by atoms with Gasteiger partial charge in [-0.2, -0.15) is 0 Å². The largest absolute Gasteiger partial charge is 0.411 e. The topological polar surface area (TPSA) is 41.8 Å². The van der Waals surface area contributed by atoms with Crippen LogP contribution in [0.25, 0.3) is 0 Å². The van der Waals surface area contributed by atoms with Crippen molar-refractivity contribution in [3.63, 3.8) is 0 Å². The number of nitrogens with zero attached hydrogens (tertiary/aromatic N) is 1. The van der Waals surface area contributed by atoms with Crippen LogP contribution in [-0.2, 0) is 4.74 Å². The van der Waals surface area contributed by atoms with E-state index in [2.05, 4.69) is 5.16 Å². The molecule has 0 amide bonds. The van der Waals surface area contributed by atoms with Crippen molar-refractivity contribution in [1.29, 1.82) is 0 Å². The number of ether oxygens (including phenoxy) is 1. The summed E-state index contributed by atoms with van der Waals surface area (Å²) in [6, 6.07) is 0. The Labute approximate surface area is 103 Å². The molecule has 0 aromatic heterocycles. The summed E-state index contributed by atoms with van der Waals surface area (Å²) in [4.78, 5) is 0. The molecule has 3 nitrogen and oxygen atoms in total. The van der Waals surface area contributed by atoms with Crippen molar-refractivity contribution >= 4 is 5.71 Å². The summed E-state index contributed by atoms with van der Waals surface area (Å²) in [6.45, 7) is 2.01. The molecule has 0 spiro atoms. The van der Waals surface area contributed by atoms with Gasteiger partial charge in [-0.25, -0.2) is 0 Å². The molecule has 4 aliphatic carbocycles. The molecule has 4 rings (SSSR count). The zero-order valence-corrected chi connectivity index (χ0v) is 10.9. The molecule has 1 atom stereocenters. The average molecular weight is 237 g/mol. The lowest BCUT2D eigenvalue weighted by atomic mass is 9.48. The van der Waals surface area contributed by atoms with E-state index in [0.29, 0.717) is 0 Å². The zero-order valence-electron chi connectivity index (χ0n) is 10.9. The predicted molar refractivity (Wildman–Crippen MR) is 66.3 cm³/mol. The van der Waals surface area contributed by atoms with Gasteiger partial charge >= 0.3 is 0 Å². The average Bonchev–Trinajstić information content (AvgIpc) is 2.27. The maximum absolute atomic E-state index is 9.40. The van der Waals surface area contributed by atoms with Crippen molar-refractivity contribution in [2.24, 2.45) is 28.3 Å². The molecule has 0 radical (unpaired) electrons. The second kappa shape index (κ2) is 3.98. The third kappa shape index (κ3) is 1.70. The van der Waals surface area contributed by atoms with Gasteiger partial charge in [0.2, 0.25) is 0 Å². The van der Waals surface area contributed by atoms with Crippen molar-refractivity contribution in [3.8, 4) is 0 Å². The molecule has 0 saturated heterocycles. The summed E-state index contributed by atoms with van der Waals surface area (Å²) in [5.41, 5.74) is 1.08. The Morgan fingerprint density at radius 1 is 1.18 bits per heavy atom. The highest BCUT2D eigenvalue weighted by atomic mass is 16.5. The minimum Gasteiger partial charge on any atom is -0.411 e. The van der Waals surface area contributed by atoms with Crippen LogP contribution in [0.3, 0.4) is 0 Å². The maximum Gasteiger partial charge on any atom is 0.0962 e. The first-order valence-electron chi connectivity index (χ1n) is 6.92. The highest BCUT2D eigenvalue weighted by Gasteiger charge is 2.54. The van der Waals surface area contributed by atoms with Crippen molar-refractivity contribution in [3.05, 3.63) is 0 Å². The van der Waals surface area contributed by atoms with Crippen molar-refractivity contribution < 1.29 is 9.94 Å². The van der Waals surface area contributed by atoms with E-state index in [0.717, 1.165) is 23.5 Å². The molecule has 4 saturated carbocycles. The van der Waals surface area contributed by atoms with Gasteiger partial charge in [0, 0.05) is 12.5 Å². The van der Waals surface area contributed by atoms with E-state index in [1.165, 1.54) is 38.5 Å². The molecule has 0 aromatic rings. The molecule has 0 heterocycles. The van der Waals surface area contributed by atoms with Gasteiger partial charge in [0.15, 0.2) is 0 Å². The predicted octanol–water partition coefficient (Wildman–Crippen LogP) is 3.07. The molecule has 0 unspecified atom stereocenters. The number of methoxy groups -OCH3 is 1. The van der Waals surface area contributed by atoms with Crippen LogP contribution in [0.4, 0.5) is 0 Å². The Bertz CT molecular complexity index is 302. The van der Waals surface area contributed by atoms with Gasteiger partial charge in [0.1, 0.15) is 0 Å². The quantitative estimate of drug-likeness (QED) is 0.465. The van der Waals surface area contributed by atoms with Gasteiger partial charge in [-0.3, -0.25) is 0 Å². The van der Waals surface area contributed by atoms with Gasteiger partial charge in [0.25, 0.3) is 0 Å². The van der Waals surface area contributed by atoms with Crippen molar-refractivity contribution in [1.82, 2.24) is 0 Å². The summed E-state index contributed by atoms with van der Waals surface area (Å²) in [7, 11) is 1.70. The van der Waals surface area contributed by atoms with Crippen LogP contribution >= 0.6 is 0 Å². The third-order valence-electron chi connectivity index (χ3n) is 5.43.